The molecule has 0 saturated carbocycles. The fourth-order valence-electron chi connectivity index (χ4n) is 1.60. The smallest absolute Gasteiger partial charge is 0.138 e. The van der Waals surface area contributed by atoms with Crippen LogP contribution in [0.1, 0.15) is 20.3 Å². The minimum Gasteiger partial charge on any atom is -0.489 e. The van der Waals surface area contributed by atoms with E-state index in [4.69, 9.17) is 33.0 Å². The number of nitrogens with one attached hydrogen (secondary N) is 1. The molecule has 1 aromatic carbocycles. The molecule has 1 unspecified atom stereocenters. The Balaban J connectivity index is 2.38. The molecule has 4 nitrogen and oxygen atoms in total. The molecular formula is C14H21Cl2NO3. The van der Waals surface area contributed by atoms with Gasteiger partial charge in [-0.2, -0.15) is 0 Å². The molecule has 0 saturated heterocycles. The van der Waals surface area contributed by atoms with Crippen molar-refractivity contribution in [2.45, 2.75) is 31.9 Å². The fraction of sp³-hybridized carbons (Fsp3) is 0.571. The van der Waals surface area contributed by atoms with E-state index in [-0.39, 0.29) is 18.8 Å². The van der Waals surface area contributed by atoms with E-state index in [1.54, 1.807) is 18.2 Å². The molecule has 1 atom stereocenters. The lowest BCUT2D eigenvalue weighted by molar-refractivity contribution is 0.0960. The summed E-state index contributed by atoms with van der Waals surface area (Å²) in [5.74, 6) is 0.490. The summed E-state index contributed by atoms with van der Waals surface area (Å²) in [6, 6.07) is 4.94. The zero-order valence-electron chi connectivity index (χ0n) is 11.7. The Kier molecular flexibility index (Phi) is 7.06. The Hall–Kier alpha value is -0.520. The topological polar surface area (TPSA) is 61.7 Å². The van der Waals surface area contributed by atoms with Gasteiger partial charge in [0, 0.05) is 23.7 Å². The molecule has 0 heterocycles. The second kappa shape index (κ2) is 8.05. The molecule has 3 N–H and O–H groups in total. The maximum Gasteiger partial charge on any atom is 0.138 e. The van der Waals surface area contributed by atoms with Crippen molar-refractivity contribution in [3.63, 3.8) is 0 Å². The van der Waals surface area contributed by atoms with E-state index in [1.165, 1.54) is 0 Å². The normalized spacial score (nSPS) is 13.3. The minimum absolute atomic E-state index is 0.104. The number of ether oxygens (including phenoxy) is 1. The Morgan fingerprint density at radius 3 is 2.65 bits per heavy atom. The summed E-state index contributed by atoms with van der Waals surface area (Å²) in [6.45, 7) is 4.54. The molecule has 0 amide bonds. The van der Waals surface area contributed by atoms with Crippen molar-refractivity contribution >= 4 is 23.2 Å². The molecule has 1 rings (SSSR count). The second-order valence-corrected chi connectivity index (χ2v) is 6.12. The van der Waals surface area contributed by atoms with Crippen molar-refractivity contribution in [2.24, 2.45) is 0 Å². The van der Waals surface area contributed by atoms with Crippen molar-refractivity contribution < 1.29 is 14.9 Å². The number of aliphatic hydroxyl groups excluding tert-OH is 2. The van der Waals surface area contributed by atoms with Crippen molar-refractivity contribution in [1.29, 1.82) is 0 Å². The summed E-state index contributed by atoms with van der Waals surface area (Å²) < 4.78 is 5.45. The van der Waals surface area contributed by atoms with E-state index in [1.807, 2.05) is 13.8 Å². The van der Waals surface area contributed by atoms with Gasteiger partial charge in [0.25, 0.3) is 0 Å². The molecule has 0 bridgehead atoms. The van der Waals surface area contributed by atoms with Crippen LogP contribution < -0.4 is 10.1 Å². The first-order valence-electron chi connectivity index (χ1n) is 6.46. The molecule has 20 heavy (non-hydrogen) atoms. The van der Waals surface area contributed by atoms with Gasteiger partial charge in [0.2, 0.25) is 0 Å². The van der Waals surface area contributed by atoms with Crippen molar-refractivity contribution in [3.05, 3.63) is 28.2 Å². The van der Waals surface area contributed by atoms with E-state index >= 15 is 0 Å². The summed E-state index contributed by atoms with van der Waals surface area (Å²) in [6.07, 6.45) is -0.0523. The first kappa shape index (κ1) is 17.5. The molecule has 0 aliphatic heterocycles. The largest absolute Gasteiger partial charge is 0.489 e. The third-order valence-electron chi connectivity index (χ3n) is 2.88. The average molecular weight is 322 g/mol. The van der Waals surface area contributed by atoms with Gasteiger partial charge in [-0.25, -0.2) is 0 Å². The molecule has 1 aromatic rings. The zero-order valence-corrected chi connectivity index (χ0v) is 13.2. The number of halogens is 2. The monoisotopic (exact) mass is 321 g/mol. The molecule has 0 spiro atoms. The lowest BCUT2D eigenvalue weighted by Crippen LogP contribution is -2.45. The lowest BCUT2D eigenvalue weighted by Gasteiger charge is -2.27. The first-order valence-corrected chi connectivity index (χ1v) is 7.21. The summed E-state index contributed by atoms with van der Waals surface area (Å²) in [4.78, 5) is 0. The standard InChI is InChI=1S/C14H21Cl2NO3/c1-14(2,5-6-18)17-8-11(19)9-20-13-4-3-10(15)7-12(13)16/h3-4,7,11,17-19H,5-6,8-9H2,1-2H3. The molecule has 0 aliphatic carbocycles. The van der Waals surface area contributed by atoms with Crippen LogP contribution in [0.15, 0.2) is 18.2 Å². The Labute approximate surface area is 129 Å². The molecule has 0 fully saturated rings. The highest BCUT2D eigenvalue weighted by Gasteiger charge is 2.18. The lowest BCUT2D eigenvalue weighted by atomic mass is 10.0. The Morgan fingerprint density at radius 2 is 2.05 bits per heavy atom. The maximum atomic E-state index is 9.87. The van der Waals surface area contributed by atoms with Crippen LogP contribution in [0, 0.1) is 0 Å². The van der Waals surface area contributed by atoms with Crippen molar-refractivity contribution in [2.75, 3.05) is 19.8 Å². The molecule has 0 aliphatic rings. The van der Waals surface area contributed by atoms with Crippen LogP contribution in [0.5, 0.6) is 5.75 Å². The van der Waals surface area contributed by atoms with Gasteiger partial charge >= 0.3 is 0 Å². The maximum absolute atomic E-state index is 9.87. The number of aliphatic hydroxyl groups is 2. The van der Waals surface area contributed by atoms with Gasteiger partial charge in [0.15, 0.2) is 0 Å². The van der Waals surface area contributed by atoms with Gasteiger partial charge in [-0.3, -0.25) is 0 Å². The Morgan fingerprint density at radius 1 is 1.35 bits per heavy atom. The van der Waals surface area contributed by atoms with E-state index in [9.17, 15) is 5.11 Å². The molecule has 0 radical (unpaired) electrons. The summed E-state index contributed by atoms with van der Waals surface area (Å²) >= 11 is 11.8. The zero-order chi connectivity index (χ0) is 15.2. The highest BCUT2D eigenvalue weighted by molar-refractivity contribution is 6.35. The Bertz CT molecular complexity index is 427. The number of rotatable bonds is 8. The van der Waals surface area contributed by atoms with Gasteiger partial charge in [-0.1, -0.05) is 23.2 Å². The number of hydrogen-bond acceptors (Lipinski definition) is 4. The SMILES string of the molecule is CC(C)(CCO)NCC(O)COc1ccc(Cl)cc1Cl. The highest BCUT2D eigenvalue weighted by atomic mass is 35.5. The second-order valence-electron chi connectivity index (χ2n) is 5.28. The number of benzene rings is 1. The summed E-state index contributed by atoms with van der Waals surface area (Å²) in [5, 5.41) is 22.9. The molecule has 6 heteroatoms. The van der Waals surface area contributed by atoms with Crippen LogP contribution in [-0.2, 0) is 0 Å². The number of hydrogen-bond donors (Lipinski definition) is 3. The molecular weight excluding hydrogens is 301 g/mol. The van der Waals surface area contributed by atoms with Crippen LogP contribution in [0.3, 0.4) is 0 Å². The van der Waals surface area contributed by atoms with Crippen molar-refractivity contribution in [1.82, 2.24) is 5.32 Å². The first-order chi connectivity index (χ1) is 9.34. The van der Waals surface area contributed by atoms with Crippen LogP contribution in [0.2, 0.25) is 10.0 Å². The van der Waals surface area contributed by atoms with E-state index in [2.05, 4.69) is 5.32 Å². The predicted molar refractivity (Wildman–Crippen MR) is 81.7 cm³/mol. The summed E-state index contributed by atoms with van der Waals surface area (Å²) in [5.41, 5.74) is -0.229. The van der Waals surface area contributed by atoms with Crippen molar-refractivity contribution in [3.8, 4) is 5.75 Å². The number of β-amino-alcohol motifs (C(OH)–C–C–N with tert-alkyl or cyclic N) is 1. The molecule has 114 valence electrons. The van der Waals surface area contributed by atoms with Gasteiger partial charge in [-0.15, -0.1) is 0 Å². The van der Waals surface area contributed by atoms with Crippen LogP contribution in [0.4, 0.5) is 0 Å². The predicted octanol–water partition coefficient (Wildman–Crippen LogP) is 2.48. The van der Waals surface area contributed by atoms with Gasteiger partial charge in [-0.05, 0) is 38.5 Å². The van der Waals surface area contributed by atoms with Crippen LogP contribution >= 0.6 is 23.2 Å². The third-order valence-corrected chi connectivity index (χ3v) is 3.41. The van der Waals surface area contributed by atoms with Gasteiger partial charge < -0.3 is 20.3 Å². The highest BCUT2D eigenvalue weighted by Crippen LogP contribution is 2.27. The van der Waals surface area contributed by atoms with Crippen LogP contribution in [0.25, 0.3) is 0 Å². The van der Waals surface area contributed by atoms with E-state index < -0.39 is 6.10 Å². The quantitative estimate of drug-likeness (QED) is 0.688. The van der Waals surface area contributed by atoms with E-state index in [0.717, 1.165) is 0 Å². The third kappa shape index (κ3) is 6.29. The van der Waals surface area contributed by atoms with E-state index in [0.29, 0.717) is 28.8 Å². The van der Waals surface area contributed by atoms with Crippen LogP contribution in [-0.4, -0.2) is 41.6 Å². The van der Waals surface area contributed by atoms with Gasteiger partial charge in [0.1, 0.15) is 18.5 Å². The molecule has 0 aromatic heterocycles. The fourth-order valence-corrected chi connectivity index (χ4v) is 2.06. The van der Waals surface area contributed by atoms with Gasteiger partial charge in [0.05, 0.1) is 5.02 Å². The average Bonchev–Trinajstić information content (AvgIpc) is 2.35. The minimum atomic E-state index is -0.667. The summed E-state index contributed by atoms with van der Waals surface area (Å²) in [7, 11) is 0.